The van der Waals surface area contributed by atoms with Crippen LogP contribution < -0.4 is 5.46 Å². The fraction of sp³-hybridized carbons (Fsp3) is 0. The Morgan fingerprint density at radius 2 is 0.935 bits per heavy atom. The predicted octanol–water partition coefficient (Wildman–Crippen LogP) is 10.1. The summed E-state index contributed by atoms with van der Waals surface area (Å²) in [6, 6.07) is 44.5. The lowest BCUT2D eigenvalue weighted by Gasteiger charge is -2.09. The van der Waals surface area contributed by atoms with Gasteiger partial charge in [0.2, 0.25) is 0 Å². The molecule has 0 saturated carbocycles. The average Bonchev–Trinajstić information content (AvgIpc) is 3.09. The second-order valence-electron chi connectivity index (χ2n) is 10.5. The lowest BCUT2D eigenvalue weighted by molar-refractivity contribution is 0.426. The van der Waals surface area contributed by atoms with Crippen LogP contribution in [-0.4, -0.2) is 27.1 Å². The van der Waals surface area contributed by atoms with E-state index >= 15 is 0 Å². The van der Waals surface area contributed by atoms with Crippen molar-refractivity contribution in [3.8, 4) is 11.1 Å². The largest absolute Gasteiger partial charge is 0.488 e. The summed E-state index contributed by atoms with van der Waals surface area (Å²) in [5.74, 6) is 0. The monoisotopic (exact) mass is 790 g/mol. The lowest BCUT2D eigenvalue weighted by atomic mass is 9.81. The van der Waals surface area contributed by atoms with Crippen molar-refractivity contribution in [3.63, 3.8) is 0 Å². The summed E-state index contributed by atoms with van der Waals surface area (Å²) in [5.41, 5.74) is 5.06. The third-order valence-corrected chi connectivity index (χ3v) is 9.22. The summed E-state index contributed by atoms with van der Waals surface area (Å²) in [4.78, 5) is 9.04. The van der Waals surface area contributed by atoms with Crippen molar-refractivity contribution in [2.45, 2.75) is 0 Å². The molecule has 2 heterocycles. The van der Waals surface area contributed by atoms with Gasteiger partial charge < -0.3 is 10.0 Å². The molecule has 4 nitrogen and oxygen atoms in total. The SMILES string of the molecule is Brc1ccc(-c2cccc3ccc4cccnc4c23)cc1.Brc1cccc2ccc3cccnc3c12.OB(O)c1ccc(Br)cc1. The van der Waals surface area contributed by atoms with Gasteiger partial charge in [0.1, 0.15) is 0 Å². The molecular formula is C38H26BBr3N2O2. The van der Waals surface area contributed by atoms with Crippen molar-refractivity contribution in [1.29, 1.82) is 0 Å². The van der Waals surface area contributed by atoms with Crippen LogP contribution in [0, 0.1) is 0 Å². The normalized spacial score (nSPS) is 10.7. The van der Waals surface area contributed by atoms with Crippen LogP contribution in [-0.2, 0) is 0 Å². The molecule has 0 saturated heterocycles. The lowest BCUT2D eigenvalue weighted by Crippen LogP contribution is -2.29. The maximum Gasteiger partial charge on any atom is 0.488 e. The molecule has 0 amide bonds. The highest BCUT2D eigenvalue weighted by molar-refractivity contribution is 9.11. The summed E-state index contributed by atoms with van der Waals surface area (Å²) in [5, 5.41) is 24.5. The quantitative estimate of drug-likeness (QED) is 0.135. The fourth-order valence-corrected chi connectivity index (χ4v) is 6.39. The van der Waals surface area contributed by atoms with Crippen LogP contribution in [0.15, 0.2) is 159 Å². The van der Waals surface area contributed by atoms with Crippen LogP contribution in [0.5, 0.6) is 0 Å². The first-order chi connectivity index (χ1) is 22.4. The van der Waals surface area contributed by atoms with Gasteiger partial charge in [-0.2, -0.15) is 0 Å². The number of nitrogens with zero attached hydrogens (tertiary/aromatic N) is 2. The van der Waals surface area contributed by atoms with E-state index in [1.807, 2.05) is 30.6 Å². The van der Waals surface area contributed by atoms with Crippen molar-refractivity contribution >= 4 is 104 Å². The Bertz CT molecular complexity index is 2280. The second kappa shape index (κ2) is 14.7. The molecule has 6 aromatic carbocycles. The van der Waals surface area contributed by atoms with Crippen molar-refractivity contribution in [2.24, 2.45) is 0 Å². The van der Waals surface area contributed by atoms with Crippen LogP contribution in [0.3, 0.4) is 0 Å². The first-order valence-corrected chi connectivity index (χ1v) is 16.8. The van der Waals surface area contributed by atoms with Gasteiger partial charge in [-0.15, -0.1) is 0 Å². The minimum atomic E-state index is -1.37. The van der Waals surface area contributed by atoms with Gasteiger partial charge in [-0.05, 0) is 69.8 Å². The highest BCUT2D eigenvalue weighted by Crippen LogP contribution is 2.34. The Hall–Kier alpha value is -3.92. The summed E-state index contributed by atoms with van der Waals surface area (Å²) >= 11 is 10.3. The maximum atomic E-state index is 8.65. The minimum absolute atomic E-state index is 0.503. The number of fused-ring (bicyclic) bond motifs is 6. The predicted molar refractivity (Wildman–Crippen MR) is 203 cm³/mol. The molecule has 0 radical (unpaired) electrons. The number of hydrogen-bond donors (Lipinski definition) is 2. The van der Waals surface area contributed by atoms with E-state index in [0.717, 1.165) is 24.5 Å². The van der Waals surface area contributed by atoms with Gasteiger partial charge in [-0.3, -0.25) is 9.97 Å². The Balaban J connectivity index is 0.000000130. The molecule has 46 heavy (non-hydrogen) atoms. The molecule has 2 N–H and O–H groups in total. The Morgan fingerprint density at radius 1 is 0.457 bits per heavy atom. The summed E-state index contributed by atoms with van der Waals surface area (Å²) in [7, 11) is -1.37. The first kappa shape index (κ1) is 32.0. The number of benzene rings is 6. The topological polar surface area (TPSA) is 66.2 Å². The van der Waals surface area contributed by atoms with Crippen LogP contribution in [0.4, 0.5) is 0 Å². The molecule has 0 aliphatic carbocycles. The molecule has 0 aliphatic rings. The second-order valence-corrected chi connectivity index (χ2v) is 13.1. The molecule has 0 aliphatic heterocycles. The first-order valence-electron chi connectivity index (χ1n) is 14.4. The van der Waals surface area contributed by atoms with Crippen molar-refractivity contribution in [2.75, 3.05) is 0 Å². The highest BCUT2D eigenvalue weighted by atomic mass is 79.9. The molecule has 2 aromatic heterocycles. The number of hydrogen-bond acceptors (Lipinski definition) is 4. The number of aromatic nitrogens is 2. The molecule has 0 bridgehead atoms. The smallest absolute Gasteiger partial charge is 0.423 e. The Labute approximate surface area is 292 Å². The van der Waals surface area contributed by atoms with Crippen molar-refractivity contribution < 1.29 is 10.0 Å². The van der Waals surface area contributed by atoms with Gasteiger partial charge in [0.25, 0.3) is 0 Å². The van der Waals surface area contributed by atoms with Gasteiger partial charge in [0.15, 0.2) is 0 Å². The molecule has 224 valence electrons. The van der Waals surface area contributed by atoms with E-state index in [-0.39, 0.29) is 0 Å². The molecule has 0 spiro atoms. The number of halogens is 3. The van der Waals surface area contributed by atoms with Crippen molar-refractivity contribution in [1.82, 2.24) is 9.97 Å². The van der Waals surface area contributed by atoms with Crippen LogP contribution >= 0.6 is 47.8 Å². The molecule has 0 unspecified atom stereocenters. The maximum absolute atomic E-state index is 8.65. The van der Waals surface area contributed by atoms with Crippen molar-refractivity contribution in [3.05, 3.63) is 159 Å². The third-order valence-electron chi connectivity index (χ3n) is 7.50. The van der Waals surface area contributed by atoms with E-state index in [0.29, 0.717) is 5.46 Å². The number of rotatable bonds is 2. The van der Waals surface area contributed by atoms with E-state index in [1.54, 1.807) is 24.3 Å². The minimum Gasteiger partial charge on any atom is -0.423 e. The van der Waals surface area contributed by atoms with Gasteiger partial charge in [0, 0.05) is 47.4 Å². The van der Waals surface area contributed by atoms with Gasteiger partial charge >= 0.3 is 7.12 Å². The van der Waals surface area contributed by atoms with Gasteiger partial charge in [-0.25, -0.2) is 0 Å². The molecular weight excluding hydrogens is 767 g/mol. The van der Waals surface area contributed by atoms with E-state index in [4.69, 9.17) is 10.0 Å². The standard InChI is InChI=1S/C19H12BrN.C13H8BrN.C6H6BBrO2/c20-16-10-8-13(9-11-16)17-5-1-3-14-6-7-15-4-2-12-21-19(15)18(14)17;14-11-5-1-3-9-6-7-10-4-2-8-15-13(10)12(9)11;8-6-3-1-5(2-4-6)7(9)10/h1-12H;1-8H;1-4,9-10H. The zero-order valence-corrected chi connectivity index (χ0v) is 29.1. The van der Waals surface area contributed by atoms with E-state index < -0.39 is 7.12 Å². The zero-order chi connectivity index (χ0) is 32.0. The summed E-state index contributed by atoms with van der Waals surface area (Å²) in [6.45, 7) is 0. The van der Waals surface area contributed by atoms with Gasteiger partial charge in [-0.1, -0.05) is 139 Å². The van der Waals surface area contributed by atoms with E-state index in [9.17, 15) is 0 Å². The van der Waals surface area contributed by atoms with Crippen LogP contribution in [0.1, 0.15) is 0 Å². The van der Waals surface area contributed by atoms with Gasteiger partial charge in [0.05, 0.1) is 11.0 Å². The number of pyridine rings is 2. The van der Waals surface area contributed by atoms with Crippen LogP contribution in [0.25, 0.3) is 54.5 Å². The highest BCUT2D eigenvalue weighted by Gasteiger charge is 2.09. The summed E-state index contributed by atoms with van der Waals surface area (Å²) < 4.78 is 3.12. The molecule has 8 aromatic rings. The molecule has 8 rings (SSSR count). The third kappa shape index (κ3) is 7.22. The fourth-order valence-electron chi connectivity index (χ4n) is 5.29. The Kier molecular flexibility index (Phi) is 10.2. The molecule has 0 atom stereocenters. The Morgan fingerprint density at radius 3 is 1.52 bits per heavy atom. The zero-order valence-electron chi connectivity index (χ0n) is 24.4. The van der Waals surface area contributed by atoms with E-state index in [2.05, 4.69) is 149 Å². The van der Waals surface area contributed by atoms with Crippen LogP contribution in [0.2, 0.25) is 0 Å². The average molecular weight is 793 g/mol. The van der Waals surface area contributed by atoms with E-state index in [1.165, 1.54) is 43.4 Å². The molecule has 0 fully saturated rings. The molecule has 8 heteroatoms. The summed E-state index contributed by atoms with van der Waals surface area (Å²) in [6.07, 6.45) is 3.70.